The molecule has 36 heavy (non-hydrogen) atoms. The van der Waals surface area contributed by atoms with Crippen molar-refractivity contribution in [2.45, 2.75) is 71.4 Å². The number of benzene rings is 3. The summed E-state index contributed by atoms with van der Waals surface area (Å²) >= 11 is 3.64. The second kappa shape index (κ2) is 11.5. The van der Waals surface area contributed by atoms with E-state index in [1.807, 2.05) is 28.8 Å². The van der Waals surface area contributed by atoms with Crippen LogP contribution in [-0.2, 0) is 17.8 Å². The van der Waals surface area contributed by atoms with Crippen molar-refractivity contribution < 1.29 is 4.79 Å². The Kier molecular flexibility index (Phi) is 8.35. The van der Waals surface area contributed by atoms with Gasteiger partial charge in [-0.05, 0) is 65.3 Å². The van der Waals surface area contributed by atoms with Crippen molar-refractivity contribution in [3.05, 3.63) is 80.7 Å². The Bertz CT molecular complexity index is 1430. The first-order valence-electron chi connectivity index (χ1n) is 13.0. The number of nitrogens with one attached hydrogen (secondary N) is 1. The van der Waals surface area contributed by atoms with Gasteiger partial charge in [-0.3, -0.25) is 13.9 Å². The topological polar surface area (TPSA) is 56.0 Å². The Hall–Kier alpha value is -2.86. The largest absolute Gasteiger partial charge is 0.358 e. The Morgan fingerprint density at radius 2 is 1.72 bits per heavy atom. The van der Waals surface area contributed by atoms with E-state index >= 15 is 0 Å². The third-order valence-corrected chi connectivity index (χ3v) is 7.97. The number of likely N-dealkylation sites (N-methyl/N-ethyl adjacent to an activating group) is 1. The van der Waals surface area contributed by atoms with Crippen molar-refractivity contribution in [3.8, 4) is 0 Å². The molecule has 0 bridgehead atoms. The Morgan fingerprint density at radius 3 is 2.39 bits per heavy atom. The van der Waals surface area contributed by atoms with E-state index in [2.05, 4.69) is 72.3 Å². The van der Waals surface area contributed by atoms with Gasteiger partial charge in [-0.25, -0.2) is 4.79 Å². The Morgan fingerprint density at radius 1 is 1.03 bits per heavy atom. The second-order valence-corrected chi connectivity index (χ2v) is 10.6. The smallest absolute Gasteiger partial charge is 0.329 e. The molecule has 190 valence electrons. The van der Waals surface area contributed by atoms with E-state index in [4.69, 9.17) is 0 Å². The summed E-state index contributed by atoms with van der Waals surface area (Å²) in [5.74, 6) is 0.514. The predicted octanol–water partition coefficient (Wildman–Crippen LogP) is 6.95. The molecule has 0 fully saturated rings. The van der Waals surface area contributed by atoms with Crippen LogP contribution in [0.1, 0.15) is 69.5 Å². The number of amides is 1. The third kappa shape index (κ3) is 5.01. The van der Waals surface area contributed by atoms with Crippen LogP contribution in [0.2, 0.25) is 0 Å². The molecule has 0 radical (unpaired) electrons. The molecule has 1 aromatic heterocycles. The lowest BCUT2D eigenvalue weighted by atomic mass is 10.0. The number of aromatic nitrogens is 2. The number of fused-ring (bicyclic) bond motifs is 1. The molecule has 1 aliphatic carbocycles. The summed E-state index contributed by atoms with van der Waals surface area (Å²) in [5.41, 5.74) is 4.66. The zero-order chi connectivity index (χ0) is 25.8. The van der Waals surface area contributed by atoms with Gasteiger partial charge >= 0.3 is 5.69 Å². The number of imidazole rings is 1. The lowest BCUT2D eigenvalue weighted by Crippen LogP contribution is -2.32. The van der Waals surface area contributed by atoms with Crippen LogP contribution in [-0.4, -0.2) is 22.1 Å². The van der Waals surface area contributed by atoms with Crippen LogP contribution in [0.5, 0.6) is 0 Å². The Balaban J connectivity index is 0.000000185. The van der Waals surface area contributed by atoms with Crippen LogP contribution >= 0.6 is 15.9 Å². The molecule has 3 aromatic carbocycles. The number of carbonyl (C=O) groups is 1. The molecule has 0 aliphatic heterocycles. The first-order valence-corrected chi connectivity index (χ1v) is 13.8. The maximum absolute atomic E-state index is 12.9. The first-order chi connectivity index (χ1) is 17.4. The van der Waals surface area contributed by atoms with Gasteiger partial charge in [-0.15, -0.1) is 0 Å². The van der Waals surface area contributed by atoms with Crippen LogP contribution in [0.25, 0.3) is 21.8 Å². The van der Waals surface area contributed by atoms with Crippen LogP contribution in [0.15, 0.2) is 63.9 Å². The van der Waals surface area contributed by atoms with E-state index in [0.29, 0.717) is 5.92 Å². The van der Waals surface area contributed by atoms with Crippen molar-refractivity contribution in [1.29, 1.82) is 0 Å². The highest BCUT2D eigenvalue weighted by Gasteiger charge is 2.22. The summed E-state index contributed by atoms with van der Waals surface area (Å²) in [6.07, 6.45) is 5.19. The van der Waals surface area contributed by atoms with Gasteiger partial charge in [0.25, 0.3) is 0 Å². The SMILES string of the molecule is CC1Cc2c(Br)ccc3cccc1c23.CCCC(CCC)n1c(=O)n(CC(=O)NC)c2ccccc21. The minimum absolute atomic E-state index is 0.0633. The van der Waals surface area contributed by atoms with Gasteiger partial charge in [0, 0.05) is 17.6 Å². The molecule has 1 atom stereocenters. The molecular weight excluding hydrogens is 514 g/mol. The molecule has 0 spiro atoms. The summed E-state index contributed by atoms with van der Waals surface area (Å²) in [6.45, 7) is 6.64. The average Bonchev–Trinajstić information content (AvgIpc) is 3.37. The summed E-state index contributed by atoms with van der Waals surface area (Å²) in [5, 5.41) is 5.45. The van der Waals surface area contributed by atoms with E-state index in [-0.39, 0.29) is 24.2 Å². The number of nitrogens with zero attached hydrogens (tertiary/aromatic N) is 2. The molecule has 1 N–H and O–H groups in total. The number of carbonyl (C=O) groups excluding carboxylic acids is 1. The van der Waals surface area contributed by atoms with Gasteiger partial charge in [0.1, 0.15) is 6.54 Å². The molecule has 4 aromatic rings. The van der Waals surface area contributed by atoms with E-state index in [0.717, 1.165) is 36.7 Å². The average molecular weight is 551 g/mol. The van der Waals surface area contributed by atoms with Crippen molar-refractivity contribution in [3.63, 3.8) is 0 Å². The molecule has 6 heteroatoms. The monoisotopic (exact) mass is 549 g/mol. The fourth-order valence-corrected chi connectivity index (χ4v) is 6.01. The van der Waals surface area contributed by atoms with Gasteiger partial charge in [0.2, 0.25) is 5.91 Å². The first kappa shape index (κ1) is 26.2. The van der Waals surface area contributed by atoms with Crippen LogP contribution < -0.4 is 11.0 Å². The van der Waals surface area contributed by atoms with Crippen molar-refractivity contribution in [2.24, 2.45) is 0 Å². The Labute approximate surface area is 221 Å². The second-order valence-electron chi connectivity index (χ2n) is 9.71. The van der Waals surface area contributed by atoms with E-state index in [1.54, 1.807) is 11.6 Å². The molecule has 0 saturated carbocycles. The van der Waals surface area contributed by atoms with E-state index in [9.17, 15) is 9.59 Å². The fraction of sp³-hybridized carbons (Fsp3) is 0.400. The molecule has 5 rings (SSSR count). The van der Waals surface area contributed by atoms with Crippen molar-refractivity contribution in [2.75, 3.05) is 7.05 Å². The maximum atomic E-state index is 12.9. The molecular formula is C30H36BrN3O2. The standard InChI is InChI=1S/C17H25N3O2.C13H11Br/c1-4-8-13(9-5-2)20-15-11-7-6-10-14(15)19(17(20)22)12-16(21)18-3;1-8-7-11-12(14)6-5-9-3-2-4-10(8)13(9)11/h6-7,10-11,13H,4-5,8-9,12H2,1-3H3,(H,18,21);2-6,8H,7H2,1H3. The highest BCUT2D eigenvalue weighted by molar-refractivity contribution is 9.10. The number of rotatable bonds is 7. The highest BCUT2D eigenvalue weighted by Crippen LogP contribution is 2.41. The lowest BCUT2D eigenvalue weighted by molar-refractivity contribution is -0.121. The molecule has 0 saturated heterocycles. The summed E-state index contributed by atoms with van der Waals surface area (Å²) in [6, 6.07) is 18.9. The summed E-state index contributed by atoms with van der Waals surface area (Å²) in [4.78, 5) is 24.6. The van der Waals surface area contributed by atoms with Gasteiger partial charge in [-0.2, -0.15) is 0 Å². The van der Waals surface area contributed by atoms with Crippen LogP contribution in [0.3, 0.4) is 0 Å². The fourth-order valence-electron chi connectivity index (χ4n) is 5.52. The minimum Gasteiger partial charge on any atom is -0.358 e. The molecule has 5 nitrogen and oxygen atoms in total. The van der Waals surface area contributed by atoms with Crippen molar-refractivity contribution in [1.82, 2.24) is 14.5 Å². The summed E-state index contributed by atoms with van der Waals surface area (Å²) in [7, 11) is 1.59. The van der Waals surface area contributed by atoms with Crippen LogP contribution in [0, 0.1) is 0 Å². The predicted molar refractivity (Wildman–Crippen MR) is 153 cm³/mol. The molecule has 1 aliphatic rings. The third-order valence-electron chi connectivity index (χ3n) is 7.23. The number of hydrogen-bond acceptors (Lipinski definition) is 2. The highest BCUT2D eigenvalue weighted by atomic mass is 79.9. The number of para-hydroxylation sites is 2. The summed E-state index contributed by atoms with van der Waals surface area (Å²) < 4.78 is 4.72. The van der Waals surface area contributed by atoms with E-state index in [1.165, 1.54) is 32.8 Å². The maximum Gasteiger partial charge on any atom is 0.329 e. The van der Waals surface area contributed by atoms with Gasteiger partial charge in [0.15, 0.2) is 0 Å². The normalized spacial score (nSPS) is 14.3. The van der Waals surface area contributed by atoms with Crippen LogP contribution in [0.4, 0.5) is 0 Å². The van der Waals surface area contributed by atoms with Gasteiger partial charge in [-0.1, -0.05) is 85.9 Å². The minimum atomic E-state index is -0.160. The zero-order valence-electron chi connectivity index (χ0n) is 21.7. The molecule has 1 amide bonds. The lowest BCUT2D eigenvalue weighted by Gasteiger charge is -2.17. The quantitative estimate of drug-likeness (QED) is 0.271. The number of hydrogen-bond donors (Lipinski definition) is 1. The molecule has 1 heterocycles. The zero-order valence-corrected chi connectivity index (χ0v) is 23.3. The van der Waals surface area contributed by atoms with Crippen molar-refractivity contribution >= 4 is 43.6 Å². The van der Waals surface area contributed by atoms with E-state index < -0.39 is 0 Å². The van der Waals surface area contributed by atoms with Gasteiger partial charge in [0.05, 0.1) is 11.0 Å². The number of halogens is 1. The molecule has 1 unspecified atom stereocenters. The van der Waals surface area contributed by atoms with Gasteiger partial charge < -0.3 is 5.32 Å².